The lowest BCUT2D eigenvalue weighted by molar-refractivity contribution is 0.0990. The van der Waals surface area contributed by atoms with Crippen LogP contribution in [-0.2, 0) is 0 Å². The minimum atomic E-state index is -0.503. The Balaban J connectivity index is 2.28. The lowest BCUT2D eigenvalue weighted by Gasteiger charge is -2.16. The van der Waals surface area contributed by atoms with E-state index in [9.17, 15) is 4.79 Å². The van der Waals surface area contributed by atoms with E-state index < -0.39 is 5.91 Å². The van der Waals surface area contributed by atoms with Crippen molar-refractivity contribution >= 4 is 5.91 Å². The number of aryl methyl sites for hydroxylation is 2. The monoisotopic (exact) mass is 249 g/mol. The second kappa shape index (κ2) is 4.94. The van der Waals surface area contributed by atoms with Gasteiger partial charge < -0.3 is 16.2 Å². The molecule has 1 aliphatic carbocycles. The Kier molecular flexibility index (Phi) is 3.52. The predicted octanol–water partition coefficient (Wildman–Crippen LogP) is 1.06. The summed E-state index contributed by atoms with van der Waals surface area (Å²) >= 11 is 0. The number of aromatic nitrogens is 1. The lowest BCUT2D eigenvalue weighted by Crippen LogP contribution is -2.22. The van der Waals surface area contributed by atoms with Crippen molar-refractivity contribution in [1.82, 2.24) is 4.98 Å². The van der Waals surface area contributed by atoms with Crippen molar-refractivity contribution in [2.24, 2.45) is 11.5 Å². The molecule has 0 spiro atoms. The second-order valence-electron chi connectivity index (χ2n) is 4.94. The van der Waals surface area contributed by atoms with Crippen LogP contribution in [0.5, 0.6) is 5.88 Å². The van der Waals surface area contributed by atoms with Crippen molar-refractivity contribution in [3.8, 4) is 5.88 Å². The molecule has 0 saturated heterocycles. The van der Waals surface area contributed by atoms with Gasteiger partial charge in [0.2, 0.25) is 5.88 Å². The van der Waals surface area contributed by atoms with Gasteiger partial charge in [0, 0.05) is 11.7 Å². The standard InChI is InChI=1S/C13H19N3O2/c1-7-5-8(2)16-13(11(7)12(15)17)18-10-4-3-9(14)6-10/h5,9-10H,3-4,6,14H2,1-2H3,(H2,15,17). The largest absolute Gasteiger partial charge is 0.474 e. The molecule has 2 rings (SSSR count). The minimum absolute atomic E-state index is 0.0341. The molecule has 2 unspecified atom stereocenters. The first kappa shape index (κ1) is 12.8. The number of hydrogen-bond donors (Lipinski definition) is 2. The maximum absolute atomic E-state index is 11.5. The molecule has 0 bridgehead atoms. The first-order chi connectivity index (χ1) is 8.47. The fraction of sp³-hybridized carbons (Fsp3) is 0.538. The molecule has 2 atom stereocenters. The van der Waals surface area contributed by atoms with Crippen LogP contribution in [0.25, 0.3) is 0 Å². The molecule has 1 fully saturated rings. The highest BCUT2D eigenvalue weighted by Gasteiger charge is 2.26. The zero-order chi connectivity index (χ0) is 13.3. The van der Waals surface area contributed by atoms with E-state index in [4.69, 9.17) is 16.2 Å². The zero-order valence-corrected chi connectivity index (χ0v) is 10.8. The Morgan fingerprint density at radius 1 is 1.44 bits per heavy atom. The number of nitrogens with two attached hydrogens (primary N) is 2. The third-order valence-electron chi connectivity index (χ3n) is 3.26. The van der Waals surface area contributed by atoms with Crippen molar-refractivity contribution in [2.45, 2.75) is 45.3 Å². The number of ether oxygens (including phenoxy) is 1. The summed E-state index contributed by atoms with van der Waals surface area (Å²) in [6, 6.07) is 2.01. The Hall–Kier alpha value is -1.62. The van der Waals surface area contributed by atoms with Gasteiger partial charge in [-0.15, -0.1) is 0 Å². The van der Waals surface area contributed by atoms with Crippen LogP contribution in [0.4, 0.5) is 0 Å². The van der Waals surface area contributed by atoms with Crippen LogP contribution >= 0.6 is 0 Å². The van der Waals surface area contributed by atoms with E-state index in [0.29, 0.717) is 11.4 Å². The molecular weight excluding hydrogens is 230 g/mol. The minimum Gasteiger partial charge on any atom is -0.474 e. The van der Waals surface area contributed by atoms with Crippen molar-refractivity contribution in [3.05, 3.63) is 22.9 Å². The highest BCUT2D eigenvalue weighted by molar-refractivity contribution is 5.96. The van der Waals surface area contributed by atoms with Crippen LogP contribution in [0.15, 0.2) is 6.07 Å². The Bertz CT molecular complexity index is 474. The van der Waals surface area contributed by atoms with Gasteiger partial charge in [-0.05, 0) is 44.7 Å². The van der Waals surface area contributed by atoms with Gasteiger partial charge in [0.05, 0.1) is 0 Å². The van der Waals surface area contributed by atoms with E-state index in [1.807, 2.05) is 19.9 Å². The number of nitrogens with zero attached hydrogens (tertiary/aromatic N) is 1. The molecule has 1 aromatic rings. The maximum atomic E-state index is 11.5. The number of amides is 1. The Morgan fingerprint density at radius 3 is 2.72 bits per heavy atom. The van der Waals surface area contributed by atoms with E-state index in [2.05, 4.69) is 4.98 Å². The average molecular weight is 249 g/mol. The second-order valence-corrected chi connectivity index (χ2v) is 4.94. The molecule has 1 aromatic heterocycles. The third-order valence-corrected chi connectivity index (χ3v) is 3.26. The van der Waals surface area contributed by atoms with E-state index in [-0.39, 0.29) is 12.1 Å². The molecule has 1 aliphatic rings. The number of carbonyl (C=O) groups is 1. The van der Waals surface area contributed by atoms with Gasteiger partial charge in [0.15, 0.2) is 0 Å². The van der Waals surface area contributed by atoms with E-state index in [1.165, 1.54) is 0 Å². The average Bonchev–Trinajstić information content (AvgIpc) is 2.62. The van der Waals surface area contributed by atoms with Gasteiger partial charge in [0.25, 0.3) is 5.91 Å². The predicted molar refractivity (Wildman–Crippen MR) is 68.5 cm³/mol. The van der Waals surface area contributed by atoms with Crippen LogP contribution in [0, 0.1) is 13.8 Å². The molecule has 98 valence electrons. The summed E-state index contributed by atoms with van der Waals surface area (Å²) in [5, 5.41) is 0. The summed E-state index contributed by atoms with van der Waals surface area (Å²) in [6.45, 7) is 3.70. The van der Waals surface area contributed by atoms with Gasteiger partial charge in [-0.25, -0.2) is 4.98 Å². The van der Waals surface area contributed by atoms with E-state index in [1.54, 1.807) is 0 Å². The van der Waals surface area contributed by atoms with Crippen LogP contribution in [0.2, 0.25) is 0 Å². The normalized spacial score (nSPS) is 23.1. The van der Waals surface area contributed by atoms with Crippen molar-refractivity contribution in [1.29, 1.82) is 0 Å². The third kappa shape index (κ3) is 2.61. The number of hydrogen-bond acceptors (Lipinski definition) is 4. The van der Waals surface area contributed by atoms with E-state index >= 15 is 0 Å². The van der Waals surface area contributed by atoms with Crippen molar-refractivity contribution < 1.29 is 9.53 Å². The fourth-order valence-electron chi connectivity index (χ4n) is 2.43. The topological polar surface area (TPSA) is 91.2 Å². The fourth-order valence-corrected chi connectivity index (χ4v) is 2.43. The summed E-state index contributed by atoms with van der Waals surface area (Å²) in [5.74, 6) is -0.156. The first-order valence-corrected chi connectivity index (χ1v) is 6.17. The molecule has 1 saturated carbocycles. The first-order valence-electron chi connectivity index (χ1n) is 6.17. The zero-order valence-electron chi connectivity index (χ0n) is 10.8. The molecule has 1 amide bonds. The smallest absolute Gasteiger partial charge is 0.254 e. The molecule has 0 aromatic carbocycles. The number of pyridine rings is 1. The number of rotatable bonds is 3. The summed E-state index contributed by atoms with van der Waals surface area (Å²) in [6.07, 6.45) is 2.68. The summed E-state index contributed by atoms with van der Waals surface area (Å²) < 4.78 is 5.81. The Morgan fingerprint density at radius 2 is 2.17 bits per heavy atom. The lowest BCUT2D eigenvalue weighted by atomic mass is 10.1. The summed E-state index contributed by atoms with van der Waals surface area (Å²) in [5.41, 5.74) is 13.2. The summed E-state index contributed by atoms with van der Waals surface area (Å²) in [4.78, 5) is 15.7. The molecule has 0 aliphatic heterocycles. The van der Waals surface area contributed by atoms with Crippen LogP contribution < -0.4 is 16.2 Å². The molecule has 5 heteroatoms. The van der Waals surface area contributed by atoms with Crippen molar-refractivity contribution in [2.75, 3.05) is 0 Å². The highest BCUT2D eigenvalue weighted by atomic mass is 16.5. The van der Waals surface area contributed by atoms with Gasteiger partial charge in [-0.3, -0.25) is 4.79 Å². The van der Waals surface area contributed by atoms with Gasteiger partial charge in [-0.2, -0.15) is 0 Å². The molecule has 1 heterocycles. The highest BCUT2D eigenvalue weighted by Crippen LogP contribution is 2.26. The van der Waals surface area contributed by atoms with Crippen molar-refractivity contribution in [3.63, 3.8) is 0 Å². The molecule has 4 N–H and O–H groups in total. The maximum Gasteiger partial charge on any atom is 0.254 e. The van der Waals surface area contributed by atoms with Gasteiger partial charge >= 0.3 is 0 Å². The summed E-state index contributed by atoms with van der Waals surface area (Å²) in [7, 11) is 0. The quantitative estimate of drug-likeness (QED) is 0.837. The van der Waals surface area contributed by atoms with Gasteiger partial charge in [-0.1, -0.05) is 0 Å². The molecular formula is C13H19N3O2. The Labute approximate surface area is 107 Å². The van der Waals surface area contributed by atoms with E-state index in [0.717, 1.165) is 30.5 Å². The van der Waals surface area contributed by atoms with Crippen LogP contribution in [-0.4, -0.2) is 23.0 Å². The number of carbonyl (C=O) groups excluding carboxylic acids is 1. The van der Waals surface area contributed by atoms with Gasteiger partial charge in [0.1, 0.15) is 11.7 Å². The van der Waals surface area contributed by atoms with Crippen LogP contribution in [0.1, 0.15) is 40.9 Å². The molecule has 0 radical (unpaired) electrons. The molecule has 5 nitrogen and oxygen atoms in total. The number of primary amides is 1. The SMILES string of the molecule is Cc1cc(C)c(C(N)=O)c(OC2CCC(N)C2)n1. The molecule has 18 heavy (non-hydrogen) atoms. The van der Waals surface area contributed by atoms with Crippen LogP contribution in [0.3, 0.4) is 0 Å².